The number of rotatable bonds is 2. The number of carbonyl (C=O) groups excluding carboxylic acids is 4. The van der Waals surface area contributed by atoms with E-state index in [9.17, 15) is 19.2 Å². The maximum atomic E-state index is 13.2. The molecule has 1 saturated carbocycles. The van der Waals surface area contributed by atoms with E-state index in [0.29, 0.717) is 51.4 Å². The Balaban J connectivity index is 1.66. The van der Waals surface area contributed by atoms with Crippen molar-refractivity contribution >= 4 is 23.9 Å². The first kappa shape index (κ1) is 21.4. The largest absolute Gasteiger partial charge is 0.453 e. The SMILES string of the molecule is COC(=O)N1CCCN(C(=O)CN2C(=O)NC3(CC(C)CC(C)(C)C3)C2=O)CC1. The maximum absolute atomic E-state index is 13.2. The van der Waals surface area contributed by atoms with Crippen LogP contribution in [0, 0.1) is 11.3 Å². The number of urea groups is 1. The van der Waals surface area contributed by atoms with Crippen LogP contribution >= 0.6 is 0 Å². The highest BCUT2D eigenvalue weighted by atomic mass is 16.5. The van der Waals surface area contributed by atoms with Crippen LogP contribution in [0.25, 0.3) is 0 Å². The van der Waals surface area contributed by atoms with Crippen LogP contribution in [0.2, 0.25) is 0 Å². The molecule has 2 heterocycles. The van der Waals surface area contributed by atoms with Crippen molar-refractivity contribution in [2.45, 2.75) is 52.0 Å². The summed E-state index contributed by atoms with van der Waals surface area (Å²) in [6.45, 7) is 7.77. The molecule has 3 fully saturated rings. The van der Waals surface area contributed by atoms with Crippen LogP contribution in [-0.4, -0.2) is 84.0 Å². The van der Waals surface area contributed by atoms with Crippen molar-refractivity contribution in [3.05, 3.63) is 0 Å². The van der Waals surface area contributed by atoms with Crippen molar-refractivity contribution < 1.29 is 23.9 Å². The molecular formula is C20H32N4O5. The summed E-state index contributed by atoms with van der Waals surface area (Å²) in [4.78, 5) is 54.6. The number of hydrogen-bond acceptors (Lipinski definition) is 5. The summed E-state index contributed by atoms with van der Waals surface area (Å²) in [6, 6.07) is -0.487. The second-order valence-corrected chi connectivity index (χ2v) is 9.45. The Morgan fingerprint density at radius 1 is 1.10 bits per heavy atom. The summed E-state index contributed by atoms with van der Waals surface area (Å²) in [5.74, 6) is -0.254. The Morgan fingerprint density at radius 3 is 2.41 bits per heavy atom. The highest BCUT2D eigenvalue weighted by Crippen LogP contribution is 2.46. The molecule has 0 aromatic rings. The lowest BCUT2D eigenvalue weighted by molar-refractivity contribution is -0.140. The minimum Gasteiger partial charge on any atom is -0.453 e. The van der Waals surface area contributed by atoms with E-state index in [1.807, 2.05) is 0 Å². The Kier molecular flexibility index (Phi) is 5.78. The molecule has 9 heteroatoms. The average molecular weight is 408 g/mol. The molecule has 3 aliphatic rings. The minimum absolute atomic E-state index is 0.0528. The van der Waals surface area contributed by atoms with Crippen LogP contribution in [0.3, 0.4) is 0 Å². The summed E-state index contributed by atoms with van der Waals surface area (Å²) in [7, 11) is 1.33. The van der Waals surface area contributed by atoms with Gasteiger partial charge in [0, 0.05) is 26.2 Å². The third kappa shape index (κ3) is 4.33. The number of ether oxygens (including phenoxy) is 1. The zero-order valence-corrected chi connectivity index (χ0v) is 17.8. The van der Waals surface area contributed by atoms with Gasteiger partial charge in [-0.3, -0.25) is 14.5 Å². The highest BCUT2D eigenvalue weighted by Gasteiger charge is 2.56. The molecule has 0 aromatic carbocycles. The van der Waals surface area contributed by atoms with Gasteiger partial charge < -0.3 is 19.9 Å². The summed E-state index contributed by atoms with van der Waals surface area (Å²) in [5.41, 5.74) is -0.957. The van der Waals surface area contributed by atoms with Gasteiger partial charge in [-0.2, -0.15) is 0 Å². The van der Waals surface area contributed by atoms with Crippen molar-refractivity contribution in [1.29, 1.82) is 0 Å². The van der Waals surface area contributed by atoms with Crippen LogP contribution in [0.5, 0.6) is 0 Å². The minimum atomic E-state index is -0.904. The molecular weight excluding hydrogens is 376 g/mol. The molecule has 29 heavy (non-hydrogen) atoms. The number of carbonyl (C=O) groups is 4. The lowest BCUT2D eigenvalue weighted by Crippen LogP contribution is -2.54. The van der Waals surface area contributed by atoms with Gasteiger partial charge in [-0.1, -0.05) is 20.8 Å². The predicted molar refractivity (Wildman–Crippen MR) is 105 cm³/mol. The fourth-order valence-corrected chi connectivity index (χ4v) is 5.36. The molecule has 9 nitrogen and oxygen atoms in total. The first-order chi connectivity index (χ1) is 13.6. The lowest BCUT2D eigenvalue weighted by atomic mass is 9.64. The molecule has 1 spiro atoms. The Bertz CT molecular complexity index is 709. The first-order valence-corrected chi connectivity index (χ1v) is 10.3. The smallest absolute Gasteiger partial charge is 0.409 e. The Morgan fingerprint density at radius 2 is 1.76 bits per heavy atom. The van der Waals surface area contributed by atoms with Crippen molar-refractivity contribution in [2.24, 2.45) is 11.3 Å². The van der Waals surface area contributed by atoms with E-state index in [0.717, 1.165) is 11.3 Å². The maximum Gasteiger partial charge on any atom is 0.409 e. The van der Waals surface area contributed by atoms with E-state index in [1.165, 1.54) is 7.11 Å². The summed E-state index contributed by atoms with van der Waals surface area (Å²) in [5, 5.41) is 2.90. The molecule has 0 radical (unpaired) electrons. The average Bonchev–Trinajstić information content (AvgIpc) is 2.82. The van der Waals surface area contributed by atoms with Gasteiger partial charge in [0.15, 0.2) is 0 Å². The zero-order valence-electron chi connectivity index (χ0n) is 17.8. The van der Waals surface area contributed by atoms with Gasteiger partial charge in [0.2, 0.25) is 5.91 Å². The van der Waals surface area contributed by atoms with E-state index in [1.54, 1.807) is 9.80 Å². The number of imide groups is 1. The second kappa shape index (κ2) is 7.84. The van der Waals surface area contributed by atoms with Crippen LogP contribution in [0.4, 0.5) is 9.59 Å². The fraction of sp³-hybridized carbons (Fsp3) is 0.800. The normalized spacial score (nSPS) is 29.7. The van der Waals surface area contributed by atoms with Crippen molar-refractivity contribution in [2.75, 3.05) is 39.8 Å². The number of nitrogens with one attached hydrogen (secondary N) is 1. The lowest BCUT2D eigenvalue weighted by Gasteiger charge is -2.43. The quantitative estimate of drug-likeness (QED) is 0.697. The summed E-state index contributed by atoms with van der Waals surface area (Å²) in [6.07, 6.45) is 2.39. The summed E-state index contributed by atoms with van der Waals surface area (Å²) < 4.78 is 4.74. The number of nitrogens with zero attached hydrogens (tertiary/aromatic N) is 3. The van der Waals surface area contributed by atoms with Gasteiger partial charge in [0.05, 0.1) is 7.11 Å². The predicted octanol–water partition coefficient (Wildman–Crippen LogP) is 1.42. The molecule has 1 N–H and O–H groups in total. The topological polar surface area (TPSA) is 99.3 Å². The Hall–Kier alpha value is -2.32. The van der Waals surface area contributed by atoms with Gasteiger partial charge >= 0.3 is 12.1 Å². The van der Waals surface area contributed by atoms with Gasteiger partial charge in [0.25, 0.3) is 5.91 Å². The number of methoxy groups -OCH3 is 1. The molecule has 2 aliphatic heterocycles. The molecule has 0 aromatic heterocycles. The molecule has 2 saturated heterocycles. The van der Waals surface area contributed by atoms with E-state index < -0.39 is 17.7 Å². The van der Waals surface area contributed by atoms with Crippen molar-refractivity contribution in [3.63, 3.8) is 0 Å². The molecule has 5 amide bonds. The van der Waals surface area contributed by atoms with Crippen LogP contribution < -0.4 is 5.32 Å². The molecule has 3 rings (SSSR count). The van der Waals surface area contributed by atoms with Gasteiger partial charge in [-0.05, 0) is 37.0 Å². The Labute approximate surface area is 171 Å². The van der Waals surface area contributed by atoms with Crippen LogP contribution in [-0.2, 0) is 14.3 Å². The third-order valence-corrected chi connectivity index (χ3v) is 6.20. The van der Waals surface area contributed by atoms with Crippen LogP contribution in [0.15, 0.2) is 0 Å². The van der Waals surface area contributed by atoms with Crippen molar-refractivity contribution in [1.82, 2.24) is 20.0 Å². The van der Waals surface area contributed by atoms with Gasteiger partial charge in [-0.15, -0.1) is 0 Å². The summed E-state index contributed by atoms with van der Waals surface area (Å²) >= 11 is 0. The zero-order chi connectivity index (χ0) is 21.4. The van der Waals surface area contributed by atoms with Gasteiger partial charge in [-0.25, -0.2) is 9.59 Å². The van der Waals surface area contributed by atoms with Crippen LogP contribution in [0.1, 0.15) is 46.5 Å². The van der Waals surface area contributed by atoms with Crippen molar-refractivity contribution in [3.8, 4) is 0 Å². The molecule has 2 unspecified atom stereocenters. The molecule has 162 valence electrons. The second-order valence-electron chi connectivity index (χ2n) is 9.45. The fourth-order valence-electron chi connectivity index (χ4n) is 5.36. The first-order valence-electron chi connectivity index (χ1n) is 10.3. The number of amides is 5. The number of hydrogen-bond donors (Lipinski definition) is 1. The van der Waals surface area contributed by atoms with E-state index in [-0.39, 0.29) is 23.8 Å². The third-order valence-electron chi connectivity index (χ3n) is 6.20. The highest BCUT2D eigenvalue weighted by molar-refractivity contribution is 6.09. The monoisotopic (exact) mass is 408 g/mol. The van der Waals surface area contributed by atoms with E-state index in [4.69, 9.17) is 4.74 Å². The van der Waals surface area contributed by atoms with E-state index >= 15 is 0 Å². The van der Waals surface area contributed by atoms with Gasteiger partial charge in [0.1, 0.15) is 12.1 Å². The van der Waals surface area contributed by atoms with E-state index in [2.05, 4.69) is 26.1 Å². The molecule has 2 atom stereocenters. The molecule has 1 aliphatic carbocycles. The standard InChI is InChI=1S/C20H32N4O5/c1-14-10-19(2,3)13-20(11-14)16(26)24(17(27)21-20)12-15(25)22-6-5-7-23(9-8-22)18(28)29-4/h14H,5-13H2,1-4H3,(H,21,27). The molecule has 0 bridgehead atoms.